The van der Waals surface area contributed by atoms with Crippen molar-refractivity contribution in [3.63, 3.8) is 0 Å². The summed E-state index contributed by atoms with van der Waals surface area (Å²) in [5.41, 5.74) is 1.43. The minimum absolute atomic E-state index is 0.250. The maximum atomic E-state index is 4.50. The summed E-state index contributed by atoms with van der Waals surface area (Å²) in [4.78, 5) is 2.59. The summed E-state index contributed by atoms with van der Waals surface area (Å²) in [6.45, 7) is 10.0. The molecule has 4 heteroatoms. The van der Waals surface area contributed by atoms with Gasteiger partial charge in [-0.25, -0.2) is 0 Å². The zero-order valence-electron chi connectivity index (χ0n) is 12.1. The van der Waals surface area contributed by atoms with Gasteiger partial charge >= 0.3 is 0 Å². The molecule has 1 saturated heterocycles. The Balaban J connectivity index is 2.06. The Labute approximate surface area is 110 Å². The highest BCUT2D eigenvalue weighted by molar-refractivity contribution is 5.02. The van der Waals surface area contributed by atoms with Gasteiger partial charge in [-0.2, -0.15) is 5.10 Å². The maximum absolute atomic E-state index is 4.50. The quantitative estimate of drug-likeness (QED) is 0.884. The molecule has 0 spiro atoms. The highest BCUT2D eigenvalue weighted by Crippen LogP contribution is 2.21. The molecule has 1 N–H and O–H groups in total. The predicted octanol–water partition coefficient (Wildman–Crippen LogP) is 1.77. The zero-order valence-corrected chi connectivity index (χ0v) is 12.1. The first-order chi connectivity index (χ1) is 8.56. The van der Waals surface area contributed by atoms with Gasteiger partial charge in [-0.1, -0.05) is 13.8 Å². The van der Waals surface area contributed by atoms with E-state index in [2.05, 4.69) is 42.2 Å². The van der Waals surface area contributed by atoms with Crippen LogP contribution >= 0.6 is 0 Å². The van der Waals surface area contributed by atoms with Gasteiger partial charge in [0.2, 0.25) is 0 Å². The third-order valence-electron chi connectivity index (χ3n) is 4.22. The third-order valence-corrected chi connectivity index (χ3v) is 4.22. The van der Waals surface area contributed by atoms with E-state index in [-0.39, 0.29) is 5.54 Å². The van der Waals surface area contributed by atoms with Crippen LogP contribution < -0.4 is 5.32 Å². The van der Waals surface area contributed by atoms with E-state index in [0.29, 0.717) is 6.04 Å². The Kier molecular flexibility index (Phi) is 4.07. The molecule has 0 radical (unpaired) electrons. The topological polar surface area (TPSA) is 33.1 Å². The standard InChI is InChI=1S/C14H26N4/c1-5-13-9-15-14(3,6-2)11-18(13)10-12-7-8-17(4)16-12/h7-8,13,15H,5-6,9-11H2,1-4H3. The summed E-state index contributed by atoms with van der Waals surface area (Å²) in [6.07, 6.45) is 4.39. The van der Waals surface area contributed by atoms with Gasteiger partial charge in [-0.15, -0.1) is 0 Å². The van der Waals surface area contributed by atoms with E-state index in [1.54, 1.807) is 0 Å². The predicted molar refractivity (Wildman–Crippen MR) is 74.4 cm³/mol. The zero-order chi connectivity index (χ0) is 13.2. The van der Waals surface area contributed by atoms with Crippen LogP contribution in [0.1, 0.15) is 39.3 Å². The fourth-order valence-electron chi connectivity index (χ4n) is 2.71. The van der Waals surface area contributed by atoms with Crippen molar-refractivity contribution in [2.75, 3.05) is 13.1 Å². The van der Waals surface area contributed by atoms with Crippen LogP contribution in [0.15, 0.2) is 12.3 Å². The summed E-state index contributed by atoms with van der Waals surface area (Å²) in [5.74, 6) is 0. The van der Waals surface area contributed by atoms with E-state index in [9.17, 15) is 0 Å². The van der Waals surface area contributed by atoms with Crippen molar-refractivity contribution < 1.29 is 0 Å². The van der Waals surface area contributed by atoms with E-state index < -0.39 is 0 Å². The second-order valence-electron chi connectivity index (χ2n) is 5.74. The number of piperazine rings is 1. The Morgan fingerprint density at radius 3 is 2.83 bits per heavy atom. The monoisotopic (exact) mass is 250 g/mol. The van der Waals surface area contributed by atoms with Crippen molar-refractivity contribution in [2.45, 2.75) is 51.7 Å². The number of aromatic nitrogens is 2. The normalized spacial score (nSPS) is 29.7. The summed E-state index contributed by atoms with van der Waals surface area (Å²) in [6, 6.07) is 2.75. The molecule has 2 unspecified atom stereocenters. The fourth-order valence-corrected chi connectivity index (χ4v) is 2.71. The summed E-state index contributed by atoms with van der Waals surface area (Å²) in [5, 5.41) is 8.20. The molecule has 18 heavy (non-hydrogen) atoms. The van der Waals surface area contributed by atoms with Crippen LogP contribution in [0.4, 0.5) is 0 Å². The molecule has 1 fully saturated rings. The molecular weight excluding hydrogens is 224 g/mol. The van der Waals surface area contributed by atoms with Gasteiger partial charge in [0.15, 0.2) is 0 Å². The van der Waals surface area contributed by atoms with Gasteiger partial charge in [0.1, 0.15) is 0 Å². The molecule has 102 valence electrons. The summed E-state index contributed by atoms with van der Waals surface area (Å²) >= 11 is 0. The van der Waals surface area contributed by atoms with Crippen molar-refractivity contribution >= 4 is 0 Å². The van der Waals surface area contributed by atoms with E-state index in [1.165, 1.54) is 18.5 Å². The van der Waals surface area contributed by atoms with E-state index in [1.807, 2.05) is 17.9 Å². The van der Waals surface area contributed by atoms with Crippen molar-refractivity contribution in [3.8, 4) is 0 Å². The highest BCUT2D eigenvalue weighted by Gasteiger charge is 2.33. The summed E-state index contributed by atoms with van der Waals surface area (Å²) < 4.78 is 1.89. The molecule has 0 aromatic carbocycles. The number of nitrogens with one attached hydrogen (secondary N) is 1. The molecule has 0 bridgehead atoms. The van der Waals surface area contributed by atoms with Gasteiger partial charge in [-0.05, 0) is 25.8 Å². The van der Waals surface area contributed by atoms with Gasteiger partial charge in [0.05, 0.1) is 5.69 Å². The van der Waals surface area contributed by atoms with E-state index in [0.717, 1.165) is 19.6 Å². The molecule has 2 atom stereocenters. The van der Waals surface area contributed by atoms with Crippen LogP contribution in [-0.4, -0.2) is 39.4 Å². The molecule has 1 aromatic rings. The van der Waals surface area contributed by atoms with Crippen molar-refractivity contribution in [3.05, 3.63) is 18.0 Å². The molecule has 4 nitrogen and oxygen atoms in total. The van der Waals surface area contributed by atoms with Gasteiger partial charge in [-0.3, -0.25) is 9.58 Å². The molecule has 0 amide bonds. The number of rotatable bonds is 4. The number of hydrogen-bond acceptors (Lipinski definition) is 3. The Morgan fingerprint density at radius 2 is 2.28 bits per heavy atom. The first-order valence-corrected chi connectivity index (χ1v) is 7.04. The minimum atomic E-state index is 0.250. The van der Waals surface area contributed by atoms with Crippen LogP contribution in [0.5, 0.6) is 0 Å². The van der Waals surface area contributed by atoms with Gasteiger partial charge in [0.25, 0.3) is 0 Å². The molecule has 1 aromatic heterocycles. The number of hydrogen-bond donors (Lipinski definition) is 1. The molecule has 0 saturated carbocycles. The molecule has 2 heterocycles. The van der Waals surface area contributed by atoms with Gasteiger partial charge in [0, 0.05) is 44.5 Å². The molecule has 1 aliphatic rings. The van der Waals surface area contributed by atoms with Crippen LogP contribution in [0.25, 0.3) is 0 Å². The Morgan fingerprint density at radius 1 is 1.50 bits per heavy atom. The minimum Gasteiger partial charge on any atom is -0.309 e. The average Bonchev–Trinajstić information content (AvgIpc) is 2.75. The van der Waals surface area contributed by atoms with Crippen molar-refractivity contribution in [2.24, 2.45) is 7.05 Å². The van der Waals surface area contributed by atoms with Crippen LogP contribution in [0, 0.1) is 0 Å². The fraction of sp³-hybridized carbons (Fsp3) is 0.786. The van der Waals surface area contributed by atoms with Gasteiger partial charge < -0.3 is 5.32 Å². The summed E-state index contributed by atoms with van der Waals surface area (Å²) in [7, 11) is 1.98. The maximum Gasteiger partial charge on any atom is 0.0764 e. The molecular formula is C14H26N4. The second-order valence-corrected chi connectivity index (χ2v) is 5.74. The van der Waals surface area contributed by atoms with E-state index >= 15 is 0 Å². The SMILES string of the molecule is CCC1CNC(C)(CC)CN1Cc1ccn(C)n1. The molecule has 2 rings (SSSR count). The van der Waals surface area contributed by atoms with Crippen molar-refractivity contribution in [1.29, 1.82) is 0 Å². The number of aryl methyl sites for hydroxylation is 1. The Hall–Kier alpha value is -0.870. The average molecular weight is 250 g/mol. The van der Waals surface area contributed by atoms with Crippen LogP contribution in [0.2, 0.25) is 0 Å². The lowest BCUT2D eigenvalue weighted by molar-refractivity contribution is 0.0743. The molecule has 1 aliphatic heterocycles. The smallest absolute Gasteiger partial charge is 0.0764 e. The van der Waals surface area contributed by atoms with Crippen LogP contribution in [-0.2, 0) is 13.6 Å². The van der Waals surface area contributed by atoms with Crippen LogP contribution in [0.3, 0.4) is 0 Å². The second kappa shape index (κ2) is 5.41. The largest absolute Gasteiger partial charge is 0.309 e. The lowest BCUT2D eigenvalue weighted by Gasteiger charge is -2.45. The first-order valence-electron chi connectivity index (χ1n) is 7.04. The first kappa shape index (κ1) is 13.6. The third kappa shape index (κ3) is 2.93. The lowest BCUT2D eigenvalue weighted by Crippen LogP contribution is -2.62. The number of nitrogens with zero attached hydrogens (tertiary/aromatic N) is 3. The van der Waals surface area contributed by atoms with Crippen molar-refractivity contribution in [1.82, 2.24) is 20.0 Å². The Bertz CT molecular complexity index is 387. The lowest BCUT2D eigenvalue weighted by atomic mass is 9.92. The molecule has 0 aliphatic carbocycles. The highest BCUT2D eigenvalue weighted by atomic mass is 15.3. The van der Waals surface area contributed by atoms with E-state index in [4.69, 9.17) is 0 Å².